The first-order valence-electron chi connectivity index (χ1n) is 6.99. The molecule has 2 heterocycles. The summed E-state index contributed by atoms with van der Waals surface area (Å²) in [5.74, 6) is 0. The third kappa shape index (κ3) is 3.08. The number of aryl methyl sites for hydroxylation is 2. The highest BCUT2D eigenvalue weighted by Crippen LogP contribution is 2.29. The molecule has 2 rings (SSSR count). The van der Waals surface area contributed by atoms with Crippen LogP contribution < -0.4 is 5.32 Å². The van der Waals surface area contributed by atoms with E-state index in [1.807, 2.05) is 6.07 Å². The standard InChI is InChI=1S/C15H22ClN3S/c1-6-19-12(5)15(11(4)18-19)10(3)17-9(2)13-7-8-14(16)20-13/h7-10,17H,6H2,1-5H3. The van der Waals surface area contributed by atoms with Crippen molar-refractivity contribution in [3.8, 4) is 0 Å². The molecule has 0 spiro atoms. The van der Waals surface area contributed by atoms with E-state index in [2.05, 4.69) is 55.8 Å². The second-order valence-electron chi connectivity index (χ2n) is 5.15. The lowest BCUT2D eigenvalue weighted by molar-refractivity contribution is 0.496. The average Bonchev–Trinajstić information content (AvgIpc) is 2.93. The van der Waals surface area contributed by atoms with Crippen LogP contribution in [-0.4, -0.2) is 9.78 Å². The molecule has 2 unspecified atom stereocenters. The van der Waals surface area contributed by atoms with Crippen molar-refractivity contribution in [1.29, 1.82) is 0 Å². The van der Waals surface area contributed by atoms with Crippen LogP contribution in [-0.2, 0) is 6.54 Å². The summed E-state index contributed by atoms with van der Waals surface area (Å²) in [4.78, 5) is 1.26. The van der Waals surface area contributed by atoms with Gasteiger partial charge in [0.05, 0.1) is 10.0 Å². The van der Waals surface area contributed by atoms with Gasteiger partial charge in [-0.05, 0) is 46.8 Å². The Balaban J connectivity index is 2.16. The van der Waals surface area contributed by atoms with Crippen LogP contribution in [0.1, 0.15) is 54.7 Å². The second kappa shape index (κ2) is 6.29. The van der Waals surface area contributed by atoms with Gasteiger partial charge in [0.15, 0.2) is 0 Å². The number of rotatable bonds is 5. The summed E-state index contributed by atoms with van der Waals surface area (Å²) in [6, 6.07) is 4.60. The normalized spacial score (nSPS) is 14.5. The van der Waals surface area contributed by atoms with Gasteiger partial charge in [-0.3, -0.25) is 4.68 Å². The summed E-state index contributed by atoms with van der Waals surface area (Å²) in [5.41, 5.74) is 3.67. The molecule has 0 bridgehead atoms. The molecule has 0 radical (unpaired) electrons. The van der Waals surface area contributed by atoms with Gasteiger partial charge >= 0.3 is 0 Å². The highest BCUT2D eigenvalue weighted by atomic mass is 35.5. The maximum atomic E-state index is 6.01. The van der Waals surface area contributed by atoms with Gasteiger partial charge < -0.3 is 5.32 Å². The molecule has 110 valence electrons. The third-order valence-electron chi connectivity index (χ3n) is 3.69. The highest BCUT2D eigenvalue weighted by Gasteiger charge is 2.19. The summed E-state index contributed by atoms with van der Waals surface area (Å²) in [6.07, 6.45) is 0. The molecule has 0 saturated carbocycles. The monoisotopic (exact) mass is 311 g/mol. The van der Waals surface area contributed by atoms with Gasteiger partial charge in [-0.1, -0.05) is 11.6 Å². The van der Waals surface area contributed by atoms with Crippen LogP contribution in [0, 0.1) is 13.8 Å². The first-order valence-corrected chi connectivity index (χ1v) is 8.18. The number of thiophene rings is 1. The van der Waals surface area contributed by atoms with E-state index in [-0.39, 0.29) is 12.1 Å². The highest BCUT2D eigenvalue weighted by molar-refractivity contribution is 7.16. The lowest BCUT2D eigenvalue weighted by atomic mass is 10.1. The largest absolute Gasteiger partial charge is 0.303 e. The molecule has 1 N–H and O–H groups in total. The molecular weight excluding hydrogens is 290 g/mol. The van der Waals surface area contributed by atoms with Gasteiger partial charge in [-0.2, -0.15) is 5.10 Å². The van der Waals surface area contributed by atoms with E-state index in [0.29, 0.717) is 0 Å². The second-order valence-corrected chi connectivity index (χ2v) is 6.90. The van der Waals surface area contributed by atoms with E-state index in [9.17, 15) is 0 Å². The summed E-state index contributed by atoms with van der Waals surface area (Å²) in [7, 11) is 0. The van der Waals surface area contributed by atoms with Crippen LogP contribution in [0.3, 0.4) is 0 Å². The summed E-state index contributed by atoms with van der Waals surface area (Å²) < 4.78 is 2.91. The Morgan fingerprint density at radius 3 is 2.50 bits per heavy atom. The van der Waals surface area contributed by atoms with Crippen molar-refractivity contribution in [3.63, 3.8) is 0 Å². The molecule has 0 saturated heterocycles. The smallest absolute Gasteiger partial charge is 0.0931 e. The van der Waals surface area contributed by atoms with E-state index >= 15 is 0 Å². The molecule has 2 atom stereocenters. The predicted octanol–water partition coefficient (Wildman–Crippen LogP) is 4.65. The van der Waals surface area contributed by atoms with Gasteiger partial charge in [0, 0.05) is 34.8 Å². The van der Waals surface area contributed by atoms with Crippen molar-refractivity contribution < 1.29 is 0 Å². The van der Waals surface area contributed by atoms with Crippen molar-refractivity contribution in [1.82, 2.24) is 15.1 Å². The minimum Gasteiger partial charge on any atom is -0.303 e. The van der Waals surface area contributed by atoms with Crippen LogP contribution in [0.2, 0.25) is 4.34 Å². The Kier molecular flexibility index (Phi) is 4.89. The fraction of sp³-hybridized carbons (Fsp3) is 0.533. The maximum absolute atomic E-state index is 6.01. The zero-order valence-electron chi connectivity index (χ0n) is 12.7. The summed E-state index contributed by atoms with van der Waals surface area (Å²) in [5, 5.41) is 8.24. The molecule has 3 nitrogen and oxygen atoms in total. The zero-order chi connectivity index (χ0) is 14.9. The molecule has 2 aromatic rings. The van der Waals surface area contributed by atoms with E-state index in [0.717, 1.165) is 16.6 Å². The van der Waals surface area contributed by atoms with Gasteiger partial charge in [-0.15, -0.1) is 11.3 Å². The fourth-order valence-electron chi connectivity index (χ4n) is 2.75. The van der Waals surface area contributed by atoms with E-state index in [1.54, 1.807) is 11.3 Å². The minimum atomic E-state index is 0.270. The number of hydrogen-bond donors (Lipinski definition) is 1. The average molecular weight is 312 g/mol. The zero-order valence-corrected chi connectivity index (χ0v) is 14.3. The molecule has 0 aliphatic carbocycles. The fourth-order valence-corrected chi connectivity index (χ4v) is 3.82. The molecule has 5 heteroatoms. The summed E-state index contributed by atoms with van der Waals surface area (Å²) in [6.45, 7) is 11.6. The third-order valence-corrected chi connectivity index (χ3v) is 5.10. The molecule has 0 aliphatic rings. The quantitative estimate of drug-likeness (QED) is 0.871. The molecular formula is C15H22ClN3S. The molecule has 0 aromatic carbocycles. The first kappa shape index (κ1) is 15.5. The van der Waals surface area contributed by atoms with Crippen molar-refractivity contribution in [2.75, 3.05) is 0 Å². The SMILES string of the molecule is CCn1nc(C)c(C(C)NC(C)c2ccc(Cl)s2)c1C. The lowest BCUT2D eigenvalue weighted by Crippen LogP contribution is -2.22. The van der Waals surface area contributed by atoms with Gasteiger partial charge in [0.25, 0.3) is 0 Å². The summed E-state index contributed by atoms with van der Waals surface area (Å²) >= 11 is 7.64. The Hall–Kier alpha value is -0.840. The van der Waals surface area contributed by atoms with E-state index < -0.39 is 0 Å². The number of nitrogens with zero attached hydrogens (tertiary/aromatic N) is 2. The minimum absolute atomic E-state index is 0.270. The van der Waals surface area contributed by atoms with Gasteiger partial charge in [-0.25, -0.2) is 0 Å². The van der Waals surface area contributed by atoms with Crippen LogP contribution in [0.25, 0.3) is 0 Å². The van der Waals surface area contributed by atoms with Crippen molar-refractivity contribution >= 4 is 22.9 Å². The number of aromatic nitrogens is 2. The molecule has 0 aliphatic heterocycles. The van der Waals surface area contributed by atoms with Crippen LogP contribution in [0.15, 0.2) is 12.1 Å². The predicted molar refractivity (Wildman–Crippen MR) is 86.7 cm³/mol. The van der Waals surface area contributed by atoms with Crippen LogP contribution >= 0.6 is 22.9 Å². The van der Waals surface area contributed by atoms with Crippen molar-refractivity contribution in [2.24, 2.45) is 0 Å². The van der Waals surface area contributed by atoms with E-state index in [1.165, 1.54) is 16.1 Å². The molecule has 0 amide bonds. The van der Waals surface area contributed by atoms with Gasteiger partial charge in [0.1, 0.15) is 0 Å². The van der Waals surface area contributed by atoms with Gasteiger partial charge in [0.2, 0.25) is 0 Å². The van der Waals surface area contributed by atoms with Crippen LogP contribution in [0.4, 0.5) is 0 Å². The number of halogens is 1. The van der Waals surface area contributed by atoms with E-state index in [4.69, 9.17) is 11.6 Å². The lowest BCUT2D eigenvalue weighted by Gasteiger charge is -2.20. The molecule has 20 heavy (non-hydrogen) atoms. The Bertz CT molecular complexity index is 588. The molecule has 0 fully saturated rings. The van der Waals surface area contributed by atoms with Crippen LogP contribution in [0.5, 0.6) is 0 Å². The number of hydrogen-bond acceptors (Lipinski definition) is 3. The Labute approximate surface area is 130 Å². The Morgan fingerprint density at radius 1 is 1.30 bits per heavy atom. The van der Waals surface area contributed by atoms with Crippen molar-refractivity contribution in [3.05, 3.63) is 38.3 Å². The number of nitrogens with one attached hydrogen (secondary N) is 1. The van der Waals surface area contributed by atoms with Crippen molar-refractivity contribution in [2.45, 2.75) is 53.2 Å². The first-order chi connectivity index (χ1) is 9.43. The topological polar surface area (TPSA) is 29.9 Å². The Morgan fingerprint density at radius 2 is 2.00 bits per heavy atom. The molecule has 2 aromatic heterocycles. The maximum Gasteiger partial charge on any atom is 0.0931 e.